The first-order valence-electron chi connectivity index (χ1n) is 8.89. The lowest BCUT2D eigenvalue weighted by atomic mass is 10.1. The van der Waals surface area contributed by atoms with Gasteiger partial charge in [-0.1, -0.05) is 24.4 Å². The second-order valence-corrected chi connectivity index (χ2v) is 7.29. The molecule has 26 heavy (non-hydrogen) atoms. The summed E-state index contributed by atoms with van der Waals surface area (Å²) in [5, 5.41) is 9.67. The number of hydrogen-bond donors (Lipinski definition) is 1. The van der Waals surface area contributed by atoms with E-state index in [0.29, 0.717) is 17.5 Å². The zero-order valence-electron chi connectivity index (χ0n) is 15.5. The van der Waals surface area contributed by atoms with E-state index >= 15 is 0 Å². The van der Waals surface area contributed by atoms with E-state index in [1.165, 1.54) is 0 Å². The molecule has 2 aromatic rings. The third kappa shape index (κ3) is 5.85. The molecule has 1 aromatic carbocycles. The molecule has 0 radical (unpaired) electrons. The van der Waals surface area contributed by atoms with Gasteiger partial charge in [0.1, 0.15) is 5.76 Å². The number of halogens is 1. The van der Waals surface area contributed by atoms with E-state index in [1.807, 2.05) is 31.2 Å². The lowest BCUT2D eigenvalue weighted by Crippen LogP contribution is -2.35. The number of nitrogens with zero attached hydrogens (tertiary/aromatic N) is 1. The van der Waals surface area contributed by atoms with Crippen LogP contribution in [-0.4, -0.2) is 28.3 Å². The number of benzene rings is 1. The second-order valence-electron chi connectivity index (χ2n) is 6.86. The summed E-state index contributed by atoms with van der Waals surface area (Å²) in [6, 6.07) is 7.44. The van der Waals surface area contributed by atoms with Crippen molar-refractivity contribution < 1.29 is 19.1 Å². The molecule has 0 bridgehead atoms. The molecule has 1 aromatic heterocycles. The van der Waals surface area contributed by atoms with E-state index in [-0.39, 0.29) is 0 Å². The van der Waals surface area contributed by atoms with Crippen LogP contribution in [0.5, 0.6) is 0 Å². The highest BCUT2D eigenvalue weighted by Gasteiger charge is 2.27. The average Bonchev–Trinajstić information content (AvgIpc) is 2.95. The van der Waals surface area contributed by atoms with Crippen molar-refractivity contribution in [3.63, 3.8) is 0 Å². The van der Waals surface area contributed by atoms with Crippen LogP contribution in [0.1, 0.15) is 51.0 Å². The minimum atomic E-state index is -1.12. The number of oxazole rings is 1. The van der Waals surface area contributed by atoms with Crippen molar-refractivity contribution in [3.8, 4) is 11.5 Å². The molecule has 1 N–H and O–H groups in total. The van der Waals surface area contributed by atoms with Crippen molar-refractivity contribution in [1.82, 2.24) is 4.98 Å². The van der Waals surface area contributed by atoms with Gasteiger partial charge in [-0.3, -0.25) is 0 Å². The van der Waals surface area contributed by atoms with Gasteiger partial charge < -0.3 is 14.3 Å². The third-order valence-corrected chi connectivity index (χ3v) is 4.52. The number of aromatic nitrogens is 1. The topological polar surface area (TPSA) is 72.6 Å². The number of aliphatic carboxylic acids is 1. The zero-order valence-corrected chi connectivity index (χ0v) is 16.3. The first-order valence-corrected chi connectivity index (χ1v) is 9.27. The summed E-state index contributed by atoms with van der Waals surface area (Å²) in [6.45, 7) is 5.54. The van der Waals surface area contributed by atoms with Crippen LogP contribution in [0.25, 0.3) is 11.5 Å². The fraction of sp³-hybridized carbons (Fsp3) is 0.500. The molecule has 0 spiro atoms. The summed E-state index contributed by atoms with van der Waals surface area (Å²) in [4.78, 5) is 15.5. The summed E-state index contributed by atoms with van der Waals surface area (Å²) in [5.41, 5.74) is 0.788. The van der Waals surface area contributed by atoms with Crippen LogP contribution in [0.2, 0.25) is 5.02 Å². The summed E-state index contributed by atoms with van der Waals surface area (Å²) in [7, 11) is 0. The number of ether oxygens (including phenoxy) is 1. The van der Waals surface area contributed by atoms with Gasteiger partial charge in [-0.25, -0.2) is 9.78 Å². The Morgan fingerprint density at radius 2 is 1.85 bits per heavy atom. The smallest absolute Gasteiger partial charge is 0.335 e. The number of rotatable bonds is 10. The highest BCUT2D eigenvalue weighted by molar-refractivity contribution is 6.30. The molecular weight excluding hydrogens is 354 g/mol. The SMILES string of the molecule is Cc1oc(-c2ccc(Cl)cc2)nc1CCCCCCOC(C)(C)C(=O)O. The first-order chi connectivity index (χ1) is 12.3. The molecule has 0 saturated carbocycles. The molecular formula is C20H26ClNO4. The van der Waals surface area contributed by atoms with E-state index in [1.54, 1.807) is 13.8 Å². The third-order valence-electron chi connectivity index (χ3n) is 4.27. The quantitative estimate of drug-likeness (QED) is 0.568. The molecule has 0 aliphatic carbocycles. The zero-order chi connectivity index (χ0) is 19.2. The highest BCUT2D eigenvalue weighted by Crippen LogP contribution is 2.24. The van der Waals surface area contributed by atoms with E-state index < -0.39 is 11.6 Å². The molecule has 0 saturated heterocycles. The molecule has 1 heterocycles. The van der Waals surface area contributed by atoms with E-state index in [2.05, 4.69) is 4.98 Å². The summed E-state index contributed by atoms with van der Waals surface area (Å²) in [5.74, 6) is 0.537. The molecule has 142 valence electrons. The van der Waals surface area contributed by atoms with Crippen molar-refractivity contribution in [2.75, 3.05) is 6.61 Å². The van der Waals surface area contributed by atoms with Gasteiger partial charge in [0.15, 0.2) is 5.60 Å². The maximum absolute atomic E-state index is 10.9. The predicted octanol–water partition coefficient (Wildman–Crippen LogP) is 5.29. The average molecular weight is 380 g/mol. The van der Waals surface area contributed by atoms with Gasteiger partial charge in [-0.2, -0.15) is 0 Å². The molecule has 2 rings (SSSR count). The van der Waals surface area contributed by atoms with Crippen LogP contribution in [-0.2, 0) is 16.0 Å². The van der Waals surface area contributed by atoms with Crippen LogP contribution in [0, 0.1) is 6.92 Å². The maximum Gasteiger partial charge on any atom is 0.335 e. The number of carbonyl (C=O) groups is 1. The Morgan fingerprint density at radius 1 is 1.19 bits per heavy atom. The Bertz CT molecular complexity index is 722. The number of aryl methyl sites for hydroxylation is 2. The number of carboxylic acids is 1. The normalized spacial score (nSPS) is 11.7. The van der Waals surface area contributed by atoms with Crippen LogP contribution < -0.4 is 0 Å². The minimum absolute atomic E-state index is 0.461. The van der Waals surface area contributed by atoms with Gasteiger partial charge >= 0.3 is 5.97 Å². The van der Waals surface area contributed by atoms with Crippen molar-refractivity contribution in [3.05, 3.63) is 40.7 Å². The molecule has 0 aliphatic heterocycles. The van der Waals surface area contributed by atoms with Gasteiger partial charge in [-0.05, 0) is 64.3 Å². The lowest BCUT2D eigenvalue weighted by Gasteiger charge is -2.19. The first kappa shape index (κ1) is 20.5. The number of hydrogen-bond acceptors (Lipinski definition) is 4. The van der Waals surface area contributed by atoms with Crippen molar-refractivity contribution in [2.24, 2.45) is 0 Å². The fourth-order valence-electron chi connectivity index (χ4n) is 2.51. The highest BCUT2D eigenvalue weighted by atomic mass is 35.5. The van der Waals surface area contributed by atoms with E-state index in [0.717, 1.165) is 49.1 Å². The van der Waals surface area contributed by atoms with Gasteiger partial charge in [-0.15, -0.1) is 0 Å². The lowest BCUT2D eigenvalue weighted by molar-refractivity contribution is -0.161. The van der Waals surface area contributed by atoms with E-state index in [4.69, 9.17) is 25.9 Å². The van der Waals surface area contributed by atoms with Gasteiger partial charge in [0.25, 0.3) is 0 Å². The largest absolute Gasteiger partial charge is 0.479 e. The summed E-state index contributed by atoms with van der Waals surface area (Å²) >= 11 is 5.91. The Labute approximate surface area is 159 Å². The number of unbranched alkanes of at least 4 members (excludes halogenated alkanes) is 3. The Hall–Kier alpha value is -1.85. The molecule has 5 nitrogen and oxygen atoms in total. The second kappa shape index (κ2) is 9.19. The summed E-state index contributed by atoms with van der Waals surface area (Å²) < 4.78 is 11.2. The molecule has 0 amide bonds. The van der Waals surface area contributed by atoms with Gasteiger partial charge in [0.05, 0.1) is 5.69 Å². The van der Waals surface area contributed by atoms with Crippen LogP contribution in [0.3, 0.4) is 0 Å². The van der Waals surface area contributed by atoms with Crippen LogP contribution in [0.4, 0.5) is 0 Å². The van der Waals surface area contributed by atoms with Gasteiger partial charge in [0.2, 0.25) is 5.89 Å². The number of carboxylic acid groups (broad SMARTS) is 1. The van der Waals surface area contributed by atoms with Crippen molar-refractivity contribution in [1.29, 1.82) is 0 Å². The molecule has 0 fully saturated rings. The van der Waals surface area contributed by atoms with Gasteiger partial charge in [0, 0.05) is 17.2 Å². The monoisotopic (exact) mass is 379 g/mol. The minimum Gasteiger partial charge on any atom is -0.479 e. The molecule has 0 aliphatic rings. The Morgan fingerprint density at radius 3 is 2.50 bits per heavy atom. The predicted molar refractivity (Wildman–Crippen MR) is 102 cm³/mol. The Kier molecular flexibility index (Phi) is 7.23. The Balaban J connectivity index is 1.72. The van der Waals surface area contributed by atoms with Crippen molar-refractivity contribution in [2.45, 2.75) is 58.5 Å². The van der Waals surface area contributed by atoms with Crippen LogP contribution >= 0.6 is 11.6 Å². The fourth-order valence-corrected chi connectivity index (χ4v) is 2.64. The molecule has 0 atom stereocenters. The molecule has 6 heteroatoms. The maximum atomic E-state index is 10.9. The molecule has 0 unspecified atom stereocenters. The van der Waals surface area contributed by atoms with Crippen LogP contribution in [0.15, 0.2) is 28.7 Å². The standard InChI is InChI=1S/C20H26ClNO4/c1-14-17(22-18(26-14)15-9-11-16(21)12-10-15)8-6-4-5-7-13-25-20(2,3)19(23)24/h9-12H,4-8,13H2,1-3H3,(H,23,24). The van der Waals surface area contributed by atoms with E-state index in [9.17, 15) is 4.79 Å². The summed E-state index contributed by atoms with van der Waals surface area (Å²) in [6.07, 6.45) is 4.76. The van der Waals surface area contributed by atoms with Crippen molar-refractivity contribution >= 4 is 17.6 Å².